The first-order valence-corrected chi connectivity index (χ1v) is 7.98. The Labute approximate surface area is 131 Å². The number of anilines is 1. The van der Waals surface area contributed by atoms with E-state index in [1.54, 1.807) is 6.26 Å². The summed E-state index contributed by atoms with van der Waals surface area (Å²) in [6.45, 7) is 6.46. The Morgan fingerprint density at radius 3 is 2.95 bits per heavy atom. The van der Waals surface area contributed by atoms with E-state index in [9.17, 15) is 0 Å². The van der Waals surface area contributed by atoms with E-state index >= 15 is 0 Å². The van der Waals surface area contributed by atoms with Crippen molar-refractivity contribution in [1.29, 1.82) is 0 Å². The molecule has 2 aromatic heterocycles. The van der Waals surface area contributed by atoms with Gasteiger partial charge in [-0.3, -0.25) is 0 Å². The summed E-state index contributed by atoms with van der Waals surface area (Å²) in [6, 6.07) is 5.99. The van der Waals surface area contributed by atoms with Gasteiger partial charge in [0.15, 0.2) is 0 Å². The number of rotatable bonds is 6. The fourth-order valence-corrected chi connectivity index (χ4v) is 2.82. The Bertz CT molecular complexity index is 592. The molecule has 1 saturated heterocycles. The molecule has 1 atom stereocenters. The SMILES string of the molecule is CCc1cc(N(Cc2ccco2)CC2CCCO2)nc(C)n1. The number of aromatic nitrogens is 2. The van der Waals surface area contributed by atoms with Crippen LogP contribution >= 0.6 is 0 Å². The third-order valence-electron chi connectivity index (χ3n) is 3.94. The van der Waals surface area contributed by atoms with Crippen LogP contribution in [0.5, 0.6) is 0 Å². The topological polar surface area (TPSA) is 51.4 Å². The lowest BCUT2D eigenvalue weighted by molar-refractivity contribution is 0.115. The Kier molecular flexibility index (Phi) is 4.73. The smallest absolute Gasteiger partial charge is 0.133 e. The van der Waals surface area contributed by atoms with Crippen LogP contribution in [0.2, 0.25) is 0 Å². The van der Waals surface area contributed by atoms with Crippen molar-refractivity contribution in [3.63, 3.8) is 0 Å². The van der Waals surface area contributed by atoms with Gasteiger partial charge >= 0.3 is 0 Å². The first-order chi connectivity index (χ1) is 10.7. The third kappa shape index (κ3) is 3.65. The Balaban J connectivity index is 1.84. The van der Waals surface area contributed by atoms with E-state index in [1.165, 1.54) is 0 Å². The highest BCUT2D eigenvalue weighted by Crippen LogP contribution is 2.21. The lowest BCUT2D eigenvalue weighted by Crippen LogP contribution is -2.32. The molecule has 0 aliphatic carbocycles. The van der Waals surface area contributed by atoms with Gasteiger partial charge in [-0.25, -0.2) is 9.97 Å². The molecule has 3 heterocycles. The minimum atomic E-state index is 0.273. The zero-order valence-corrected chi connectivity index (χ0v) is 13.3. The van der Waals surface area contributed by atoms with Crippen LogP contribution in [0, 0.1) is 6.92 Å². The van der Waals surface area contributed by atoms with E-state index in [1.807, 2.05) is 19.1 Å². The molecule has 0 aromatic carbocycles. The summed E-state index contributed by atoms with van der Waals surface area (Å²) in [4.78, 5) is 11.3. The normalized spacial score (nSPS) is 17.8. The number of hydrogen-bond acceptors (Lipinski definition) is 5. The fourth-order valence-electron chi connectivity index (χ4n) is 2.82. The molecule has 1 aliphatic heterocycles. The summed E-state index contributed by atoms with van der Waals surface area (Å²) in [7, 11) is 0. The van der Waals surface area contributed by atoms with Gasteiger partial charge in [-0.1, -0.05) is 6.92 Å². The van der Waals surface area contributed by atoms with Crippen molar-refractivity contribution in [3.05, 3.63) is 41.7 Å². The molecule has 0 saturated carbocycles. The van der Waals surface area contributed by atoms with Crippen LogP contribution in [0.1, 0.15) is 37.0 Å². The molecule has 118 valence electrons. The van der Waals surface area contributed by atoms with Gasteiger partial charge in [-0.05, 0) is 38.3 Å². The third-order valence-corrected chi connectivity index (χ3v) is 3.94. The van der Waals surface area contributed by atoms with Gasteiger partial charge in [-0.15, -0.1) is 0 Å². The number of aryl methyl sites for hydroxylation is 2. The second kappa shape index (κ2) is 6.92. The first kappa shape index (κ1) is 15.0. The van der Waals surface area contributed by atoms with E-state index in [2.05, 4.69) is 27.9 Å². The summed E-state index contributed by atoms with van der Waals surface area (Å²) in [5.41, 5.74) is 1.07. The molecule has 0 N–H and O–H groups in total. The molecule has 1 unspecified atom stereocenters. The van der Waals surface area contributed by atoms with E-state index in [-0.39, 0.29) is 6.10 Å². The number of furan rings is 1. The maximum atomic E-state index is 5.80. The zero-order chi connectivity index (χ0) is 15.4. The molecule has 1 fully saturated rings. The molecule has 5 nitrogen and oxygen atoms in total. The van der Waals surface area contributed by atoms with Crippen molar-refractivity contribution in [2.24, 2.45) is 0 Å². The lowest BCUT2D eigenvalue weighted by Gasteiger charge is -2.26. The van der Waals surface area contributed by atoms with Crippen molar-refractivity contribution >= 4 is 5.82 Å². The Morgan fingerprint density at radius 1 is 1.36 bits per heavy atom. The molecular formula is C17H23N3O2. The predicted octanol–water partition coefficient (Wildman–Crippen LogP) is 3.13. The van der Waals surface area contributed by atoms with Crippen LogP contribution in [0.15, 0.2) is 28.9 Å². The van der Waals surface area contributed by atoms with E-state index in [4.69, 9.17) is 9.15 Å². The highest BCUT2D eigenvalue weighted by Gasteiger charge is 2.21. The maximum Gasteiger partial charge on any atom is 0.133 e. The van der Waals surface area contributed by atoms with Gasteiger partial charge in [0.1, 0.15) is 17.4 Å². The van der Waals surface area contributed by atoms with Crippen LogP contribution in [-0.2, 0) is 17.7 Å². The lowest BCUT2D eigenvalue weighted by atomic mass is 10.2. The molecule has 22 heavy (non-hydrogen) atoms. The van der Waals surface area contributed by atoms with Crippen molar-refractivity contribution < 1.29 is 9.15 Å². The largest absolute Gasteiger partial charge is 0.467 e. The highest BCUT2D eigenvalue weighted by atomic mass is 16.5. The van der Waals surface area contributed by atoms with Crippen LogP contribution < -0.4 is 4.90 Å². The number of ether oxygens (including phenoxy) is 1. The average Bonchev–Trinajstić information content (AvgIpc) is 3.19. The number of hydrogen-bond donors (Lipinski definition) is 0. The van der Waals surface area contributed by atoms with E-state index < -0.39 is 0 Å². The van der Waals surface area contributed by atoms with Crippen molar-refractivity contribution in [1.82, 2.24) is 9.97 Å². The fraction of sp³-hybridized carbons (Fsp3) is 0.529. The number of nitrogens with zero attached hydrogens (tertiary/aromatic N) is 3. The Morgan fingerprint density at radius 2 is 2.27 bits per heavy atom. The molecule has 0 amide bonds. The van der Waals surface area contributed by atoms with E-state index in [0.717, 1.165) is 55.5 Å². The molecule has 5 heteroatoms. The second-order valence-electron chi connectivity index (χ2n) is 5.71. The molecule has 0 spiro atoms. The molecule has 0 bridgehead atoms. The monoisotopic (exact) mass is 301 g/mol. The summed E-state index contributed by atoms with van der Waals surface area (Å²) in [5.74, 6) is 2.70. The van der Waals surface area contributed by atoms with Crippen LogP contribution in [0.3, 0.4) is 0 Å². The molecule has 0 radical (unpaired) electrons. The minimum absolute atomic E-state index is 0.273. The van der Waals surface area contributed by atoms with Gasteiger partial charge < -0.3 is 14.1 Å². The zero-order valence-electron chi connectivity index (χ0n) is 13.3. The first-order valence-electron chi connectivity index (χ1n) is 7.98. The van der Waals surface area contributed by atoms with Gasteiger partial charge in [0.2, 0.25) is 0 Å². The maximum absolute atomic E-state index is 5.80. The minimum Gasteiger partial charge on any atom is -0.467 e. The molecule has 2 aromatic rings. The molecule has 1 aliphatic rings. The summed E-state index contributed by atoms with van der Waals surface area (Å²) < 4.78 is 11.3. The van der Waals surface area contributed by atoms with Gasteiger partial charge in [-0.2, -0.15) is 0 Å². The van der Waals surface area contributed by atoms with Crippen molar-refractivity contribution in [2.45, 2.75) is 45.8 Å². The van der Waals surface area contributed by atoms with Crippen LogP contribution in [-0.4, -0.2) is 29.2 Å². The van der Waals surface area contributed by atoms with Gasteiger partial charge in [0.25, 0.3) is 0 Å². The Hall–Kier alpha value is -1.88. The predicted molar refractivity (Wildman–Crippen MR) is 84.9 cm³/mol. The van der Waals surface area contributed by atoms with Crippen LogP contribution in [0.4, 0.5) is 5.82 Å². The highest BCUT2D eigenvalue weighted by molar-refractivity contribution is 5.40. The summed E-state index contributed by atoms with van der Waals surface area (Å²) in [5, 5.41) is 0. The molecule has 3 rings (SSSR count). The van der Waals surface area contributed by atoms with Crippen LogP contribution in [0.25, 0.3) is 0 Å². The summed E-state index contributed by atoms with van der Waals surface area (Å²) in [6.07, 6.45) is 5.14. The standard InChI is InChI=1S/C17H23N3O2/c1-3-14-10-17(19-13(2)18-14)20(11-15-6-4-8-21-15)12-16-7-5-9-22-16/h4,6,8,10,16H,3,5,7,9,11-12H2,1-2H3. The summed E-state index contributed by atoms with van der Waals surface area (Å²) >= 11 is 0. The molecular weight excluding hydrogens is 278 g/mol. The second-order valence-corrected chi connectivity index (χ2v) is 5.71. The quantitative estimate of drug-likeness (QED) is 0.820. The van der Waals surface area contributed by atoms with Gasteiger partial charge in [0, 0.05) is 24.9 Å². The van der Waals surface area contributed by atoms with Crippen molar-refractivity contribution in [2.75, 3.05) is 18.1 Å². The van der Waals surface area contributed by atoms with E-state index in [0.29, 0.717) is 6.54 Å². The van der Waals surface area contributed by atoms with Gasteiger partial charge in [0.05, 0.1) is 18.9 Å². The average molecular weight is 301 g/mol. The van der Waals surface area contributed by atoms with Crippen molar-refractivity contribution in [3.8, 4) is 0 Å².